The minimum absolute atomic E-state index is 0.0648. The van der Waals surface area contributed by atoms with Gasteiger partial charge in [0.05, 0.1) is 11.6 Å². The predicted molar refractivity (Wildman–Crippen MR) is 79.6 cm³/mol. The van der Waals surface area contributed by atoms with E-state index < -0.39 is 0 Å². The zero-order valence-electron chi connectivity index (χ0n) is 10.9. The summed E-state index contributed by atoms with van der Waals surface area (Å²) >= 11 is 7.40. The van der Waals surface area contributed by atoms with E-state index in [-0.39, 0.29) is 11.8 Å². The average Bonchev–Trinajstić information content (AvgIpc) is 2.83. The second-order valence-electron chi connectivity index (χ2n) is 4.75. The van der Waals surface area contributed by atoms with Gasteiger partial charge < -0.3 is 10.1 Å². The van der Waals surface area contributed by atoms with Crippen LogP contribution in [0.5, 0.6) is 5.75 Å². The van der Waals surface area contributed by atoms with E-state index in [0.717, 1.165) is 17.0 Å². The maximum Gasteiger partial charge on any atom is 0.233 e. The molecule has 104 valence electrons. The number of carbonyl (C=O) groups is 1. The molecule has 4 nitrogen and oxygen atoms in total. The molecule has 1 N–H and O–H groups in total. The molecule has 1 aromatic carbocycles. The third kappa shape index (κ3) is 2.78. The molecule has 0 saturated carbocycles. The van der Waals surface area contributed by atoms with Crippen LogP contribution in [0.2, 0.25) is 5.02 Å². The van der Waals surface area contributed by atoms with Gasteiger partial charge in [0.25, 0.3) is 0 Å². The first-order chi connectivity index (χ1) is 9.61. The topological polar surface area (TPSA) is 51.2 Å². The van der Waals surface area contributed by atoms with E-state index in [0.29, 0.717) is 23.2 Å². The van der Waals surface area contributed by atoms with Crippen LogP contribution in [0.3, 0.4) is 0 Å². The van der Waals surface area contributed by atoms with Crippen molar-refractivity contribution in [2.45, 2.75) is 13.3 Å². The Kier molecular flexibility index (Phi) is 3.63. The van der Waals surface area contributed by atoms with E-state index >= 15 is 0 Å². The van der Waals surface area contributed by atoms with E-state index in [2.05, 4.69) is 10.3 Å². The Morgan fingerprint density at radius 3 is 3.15 bits per heavy atom. The molecule has 0 saturated heterocycles. The maximum atomic E-state index is 12.2. The van der Waals surface area contributed by atoms with Gasteiger partial charge in [0.15, 0.2) is 5.13 Å². The number of aryl methyl sites for hydroxylation is 1. The fourth-order valence-corrected chi connectivity index (χ4v) is 3.04. The molecule has 1 aliphatic rings. The van der Waals surface area contributed by atoms with Gasteiger partial charge in [-0.2, -0.15) is 0 Å². The Balaban J connectivity index is 1.71. The molecule has 0 bridgehead atoms. The molecule has 2 aromatic rings. The summed E-state index contributed by atoms with van der Waals surface area (Å²) in [7, 11) is 0. The molecule has 0 fully saturated rings. The van der Waals surface area contributed by atoms with Crippen molar-refractivity contribution in [2.75, 3.05) is 11.9 Å². The number of ether oxygens (including phenoxy) is 1. The van der Waals surface area contributed by atoms with Gasteiger partial charge in [0.2, 0.25) is 5.91 Å². The number of nitrogens with one attached hydrogen (secondary N) is 1. The van der Waals surface area contributed by atoms with Crippen LogP contribution in [-0.2, 0) is 11.2 Å². The molecule has 0 radical (unpaired) electrons. The van der Waals surface area contributed by atoms with Crippen molar-refractivity contribution in [2.24, 2.45) is 5.92 Å². The van der Waals surface area contributed by atoms with Crippen molar-refractivity contribution >= 4 is 34.0 Å². The first-order valence-electron chi connectivity index (χ1n) is 6.26. The first-order valence-corrected chi connectivity index (χ1v) is 7.52. The van der Waals surface area contributed by atoms with Gasteiger partial charge in [0, 0.05) is 10.4 Å². The van der Waals surface area contributed by atoms with Crippen LogP contribution in [0.4, 0.5) is 5.13 Å². The molecule has 0 spiro atoms. The third-order valence-corrected chi connectivity index (χ3v) is 4.26. The third-order valence-electron chi connectivity index (χ3n) is 3.15. The number of fused-ring (bicyclic) bond motifs is 1. The number of amides is 1. The van der Waals surface area contributed by atoms with Gasteiger partial charge >= 0.3 is 0 Å². The van der Waals surface area contributed by atoms with E-state index in [4.69, 9.17) is 16.3 Å². The maximum absolute atomic E-state index is 12.2. The number of benzene rings is 1. The molecule has 3 rings (SSSR count). The second kappa shape index (κ2) is 5.42. The van der Waals surface area contributed by atoms with Crippen molar-refractivity contribution in [1.29, 1.82) is 0 Å². The van der Waals surface area contributed by atoms with Crippen molar-refractivity contribution in [3.63, 3.8) is 0 Å². The van der Waals surface area contributed by atoms with E-state index in [1.807, 2.05) is 24.4 Å². The highest BCUT2D eigenvalue weighted by Gasteiger charge is 2.26. The molecular weight excluding hydrogens is 296 g/mol. The zero-order valence-corrected chi connectivity index (χ0v) is 12.4. The van der Waals surface area contributed by atoms with Crippen molar-refractivity contribution in [3.8, 4) is 5.75 Å². The monoisotopic (exact) mass is 308 g/mol. The summed E-state index contributed by atoms with van der Waals surface area (Å²) in [4.78, 5) is 16.4. The molecule has 1 aliphatic heterocycles. The zero-order chi connectivity index (χ0) is 14.1. The molecule has 0 unspecified atom stereocenters. The smallest absolute Gasteiger partial charge is 0.233 e. The van der Waals surface area contributed by atoms with Crippen LogP contribution in [0.15, 0.2) is 23.6 Å². The van der Waals surface area contributed by atoms with Gasteiger partial charge in [-0.1, -0.05) is 11.6 Å². The highest BCUT2D eigenvalue weighted by molar-refractivity contribution is 7.13. The minimum atomic E-state index is -0.217. The second-order valence-corrected chi connectivity index (χ2v) is 6.04. The standard InChI is InChI=1S/C14H13ClN2O2S/c1-8-7-20-14(16-8)17-13(18)10-4-9-5-11(15)2-3-12(9)19-6-10/h2-3,5,7,10H,4,6H2,1H3,(H,16,17,18)/t10-/m1/s1. The Morgan fingerprint density at radius 1 is 1.55 bits per heavy atom. The minimum Gasteiger partial charge on any atom is -0.492 e. The van der Waals surface area contributed by atoms with Crippen LogP contribution in [-0.4, -0.2) is 17.5 Å². The number of anilines is 1. The van der Waals surface area contributed by atoms with E-state index in [1.165, 1.54) is 11.3 Å². The van der Waals surface area contributed by atoms with Gasteiger partial charge in [-0.3, -0.25) is 4.79 Å². The molecular formula is C14H13ClN2O2S. The SMILES string of the molecule is Cc1csc(NC(=O)[C@H]2COc3ccc(Cl)cc3C2)n1. The molecule has 20 heavy (non-hydrogen) atoms. The number of thiazole rings is 1. The number of halogens is 1. The average molecular weight is 309 g/mol. The van der Waals surface area contributed by atoms with Crippen molar-refractivity contribution < 1.29 is 9.53 Å². The first kappa shape index (κ1) is 13.4. The van der Waals surface area contributed by atoms with Gasteiger partial charge in [-0.25, -0.2) is 4.98 Å². The molecule has 1 aromatic heterocycles. The number of hydrogen-bond acceptors (Lipinski definition) is 4. The number of rotatable bonds is 2. The molecule has 1 atom stereocenters. The summed E-state index contributed by atoms with van der Waals surface area (Å²) in [5.74, 6) is 0.527. The number of aromatic nitrogens is 1. The van der Waals surface area contributed by atoms with E-state index in [9.17, 15) is 4.79 Å². The van der Waals surface area contributed by atoms with Crippen molar-refractivity contribution in [3.05, 3.63) is 39.9 Å². The Hall–Kier alpha value is -1.59. The van der Waals surface area contributed by atoms with E-state index in [1.54, 1.807) is 6.07 Å². The fraction of sp³-hybridized carbons (Fsp3) is 0.286. The summed E-state index contributed by atoms with van der Waals surface area (Å²) in [6.45, 7) is 2.28. The van der Waals surface area contributed by atoms with Crippen LogP contribution in [0.25, 0.3) is 0 Å². The molecule has 2 heterocycles. The lowest BCUT2D eigenvalue weighted by atomic mass is 9.96. The van der Waals surface area contributed by atoms with Crippen LogP contribution >= 0.6 is 22.9 Å². The number of carbonyl (C=O) groups excluding carboxylic acids is 1. The Morgan fingerprint density at radius 2 is 2.40 bits per heavy atom. The highest BCUT2D eigenvalue weighted by Crippen LogP contribution is 2.30. The lowest BCUT2D eigenvalue weighted by molar-refractivity contribution is -0.121. The summed E-state index contributed by atoms with van der Waals surface area (Å²) in [6.07, 6.45) is 0.631. The predicted octanol–water partition coefficient (Wildman–Crippen LogP) is 3.29. The van der Waals surface area contributed by atoms with Gasteiger partial charge in [-0.15, -0.1) is 11.3 Å². The number of nitrogens with zero attached hydrogens (tertiary/aromatic N) is 1. The van der Waals surface area contributed by atoms with Gasteiger partial charge in [0.1, 0.15) is 12.4 Å². The summed E-state index contributed by atoms with van der Waals surface area (Å²) in [5.41, 5.74) is 1.88. The van der Waals surface area contributed by atoms with Crippen LogP contribution in [0.1, 0.15) is 11.3 Å². The summed E-state index contributed by atoms with van der Waals surface area (Å²) in [5, 5.41) is 6.02. The van der Waals surface area contributed by atoms with Crippen LogP contribution < -0.4 is 10.1 Å². The fourth-order valence-electron chi connectivity index (χ4n) is 2.15. The summed E-state index contributed by atoms with van der Waals surface area (Å²) < 4.78 is 5.62. The highest BCUT2D eigenvalue weighted by atomic mass is 35.5. The lowest BCUT2D eigenvalue weighted by Crippen LogP contribution is -2.32. The Labute approximate surface area is 125 Å². The lowest BCUT2D eigenvalue weighted by Gasteiger charge is -2.24. The Bertz CT molecular complexity index is 656. The quantitative estimate of drug-likeness (QED) is 0.926. The van der Waals surface area contributed by atoms with Crippen molar-refractivity contribution in [1.82, 2.24) is 4.98 Å². The van der Waals surface area contributed by atoms with Gasteiger partial charge in [-0.05, 0) is 37.1 Å². The molecule has 6 heteroatoms. The molecule has 0 aliphatic carbocycles. The molecule has 1 amide bonds. The normalized spacial score (nSPS) is 17.2. The largest absolute Gasteiger partial charge is 0.492 e. The number of hydrogen-bond donors (Lipinski definition) is 1. The summed E-state index contributed by atoms with van der Waals surface area (Å²) in [6, 6.07) is 5.49. The van der Waals surface area contributed by atoms with Crippen LogP contribution in [0, 0.1) is 12.8 Å².